The van der Waals surface area contributed by atoms with Crippen LogP contribution in [0, 0.1) is 0 Å². The fourth-order valence-corrected chi connectivity index (χ4v) is 4.93. The number of rotatable bonds is 6. The van der Waals surface area contributed by atoms with Crippen LogP contribution in [0.3, 0.4) is 0 Å². The first-order valence-electron chi connectivity index (χ1n) is 13.2. The van der Waals surface area contributed by atoms with Crippen molar-refractivity contribution in [3.63, 3.8) is 0 Å². The number of pyridine rings is 2. The second kappa shape index (κ2) is 13.7. The van der Waals surface area contributed by atoms with Crippen LogP contribution in [0.25, 0.3) is 0 Å². The van der Waals surface area contributed by atoms with Gasteiger partial charge >= 0.3 is 0 Å². The highest BCUT2D eigenvalue weighted by Crippen LogP contribution is 2.24. The monoisotopic (exact) mass is 499 g/mol. The van der Waals surface area contributed by atoms with E-state index in [-0.39, 0.29) is 11.8 Å². The topological polar surface area (TPSA) is 69.6 Å². The molecule has 194 valence electrons. The van der Waals surface area contributed by atoms with Crippen LogP contribution < -0.4 is 4.90 Å². The SMILES string of the molecule is CC(=O)N1CCCN(Cc2ccccn2)CCCN(C(=O)CCCc2ccncc2)Cc2ccccc21. The number of benzene rings is 1. The number of nitrogens with zero attached hydrogens (tertiary/aromatic N) is 5. The van der Waals surface area contributed by atoms with E-state index in [0.29, 0.717) is 26.1 Å². The number of amides is 2. The van der Waals surface area contributed by atoms with Gasteiger partial charge in [0.05, 0.1) is 5.69 Å². The van der Waals surface area contributed by atoms with E-state index in [1.165, 1.54) is 5.56 Å². The lowest BCUT2D eigenvalue weighted by Gasteiger charge is -2.31. The van der Waals surface area contributed by atoms with Crippen molar-refractivity contribution in [2.75, 3.05) is 31.1 Å². The van der Waals surface area contributed by atoms with E-state index in [1.807, 2.05) is 70.6 Å². The minimum atomic E-state index is 0.0241. The van der Waals surface area contributed by atoms with Gasteiger partial charge in [-0.2, -0.15) is 0 Å². The highest BCUT2D eigenvalue weighted by atomic mass is 16.2. The molecule has 1 aromatic carbocycles. The number of carbonyl (C=O) groups excluding carboxylic acids is 2. The van der Waals surface area contributed by atoms with Crippen molar-refractivity contribution in [3.8, 4) is 0 Å². The van der Waals surface area contributed by atoms with Crippen LogP contribution in [-0.4, -0.2) is 57.8 Å². The molecule has 7 nitrogen and oxygen atoms in total. The molecule has 0 spiro atoms. The first kappa shape index (κ1) is 26.5. The summed E-state index contributed by atoms with van der Waals surface area (Å²) in [5.74, 6) is 0.183. The fraction of sp³-hybridized carbons (Fsp3) is 0.400. The zero-order valence-corrected chi connectivity index (χ0v) is 21.8. The fourth-order valence-electron chi connectivity index (χ4n) is 4.93. The highest BCUT2D eigenvalue weighted by Gasteiger charge is 2.21. The van der Waals surface area contributed by atoms with Gasteiger partial charge in [0.25, 0.3) is 0 Å². The van der Waals surface area contributed by atoms with E-state index >= 15 is 0 Å². The molecule has 2 aromatic heterocycles. The van der Waals surface area contributed by atoms with Gasteiger partial charge in [0.1, 0.15) is 0 Å². The van der Waals surface area contributed by atoms with Crippen molar-refractivity contribution in [1.29, 1.82) is 0 Å². The second-order valence-corrected chi connectivity index (χ2v) is 9.63. The Morgan fingerprint density at radius 1 is 0.865 bits per heavy atom. The zero-order chi connectivity index (χ0) is 25.9. The third-order valence-corrected chi connectivity index (χ3v) is 6.85. The predicted molar refractivity (Wildman–Crippen MR) is 146 cm³/mol. The molecule has 0 radical (unpaired) electrons. The minimum absolute atomic E-state index is 0.0241. The van der Waals surface area contributed by atoms with E-state index in [9.17, 15) is 9.59 Å². The van der Waals surface area contributed by atoms with Crippen LogP contribution in [0.5, 0.6) is 0 Å². The van der Waals surface area contributed by atoms with Gasteiger partial charge in [-0.15, -0.1) is 0 Å². The predicted octanol–water partition coefficient (Wildman–Crippen LogP) is 4.48. The lowest BCUT2D eigenvalue weighted by molar-refractivity contribution is -0.132. The van der Waals surface area contributed by atoms with E-state index in [4.69, 9.17) is 0 Å². The Morgan fingerprint density at radius 2 is 1.62 bits per heavy atom. The number of aryl methyl sites for hydroxylation is 1. The summed E-state index contributed by atoms with van der Waals surface area (Å²) < 4.78 is 0. The smallest absolute Gasteiger partial charge is 0.223 e. The molecule has 0 saturated carbocycles. The quantitative estimate of drug-likeness (QED) is 0.500. The van der Waals surface area contributed by atoms with Gasteiger partial charge in [0.15, 0.2) is 0 Å². The average molecular weight is 500 g/mol. The number of hydrogen-bond donors (Lipinski definition) is 0. The van der Waals surface area contributed by atoms with Gasteiger partial charge < -0.3 is 9.80 Å². The Morgan fingerprint density at radius 3 is 2.38 bits per heavy atom. The lowest BCUT2D eigenvalue weighted by atomic mass is 10.1. The van der Waals surface area contributed by atoms with E-state index < -0.39 is 0 Å². The maximum Gasteiger partial charge on any atom is 0.223 e. The molecular formula is C30H37N5O2. The van der Waals surface area contributed by atoms with Crippen molar-refractivity contribution in [1.82, 2.24) is 19.8 Å². The largest absolute Gasteiger partial charge is 0.338 e. The molecule has 0 bridgehead atoms. The number of anilines is 1. The van der Waals surface area contributed by atoms with Crippen molar-refractivity contribution in [2.45, 2.75) is 52.1 Å². The molecule has 0 saturated heterocycles. The molecular weight excluding hydrogens is 462 g/mol. The molecule has 7 heteroatoms. The molecule has 37 heavy (non-hydrogen) atoms. The molecule has 3 heterocycles. The molecule has 0 unspecified atom stereocenters. The van der Waals surface area contributed by atoms with Crippen LogP contribution in [0.2, 0.25) is 0 Å². The van der Waals surface area contributed by atoms with Crippen LogP contribution >= 0.6 is 0 Å². The van der Waals surface area contributed by atoms with E-state index in [2.05, 4.69) is 14.9 Å². The molecule has 0 N–H and O–H groups in total. The number of aromatic nitrogens is 2. The number of hydrogen-bond acceptors (Lipinski definition) is 5. The number of carbonyl (C=O) groups is 2. The lowest BCUT2D eigenvalue weighted by Crippen LogP contribution is -2.38. The first-order chi connectivity index (χ1) is 18.1. The molecule has 0 fully saturated rings. The number of fused-ring (bicyclic) bond motifs is 1. The third kappa shape index (κ3) is 7.95. The van der Waals surface area contributed by atoms with Crippen molar-refractivity contribution in [2.24, 2.45) is 0 Å². The highest BCUT2D eigenvalue weighted by molar-refractivity contribution is 5.92. The standard InChI is InChI=1S/C30H37N5O2/c1-25(36)35-22-8-20-33(24-28-11-4-5-16-32-28)19-7-21-34(23-27-10-2-3-12-29(27)35)30(37)13-6-9-26-14-17-31-18-15-26/h2-5,10-12,14-18H,6-9,13,19-24H2,1H3. The molecule has 4 rings (SSSR count). The molecule has 1 aliphatic rings. The summed E-state index contributed by atoms with van der Waals surface area (Å²) in [6.45, 7) is 5.95. The Bertz CT molecular complexity index is 1140. The van der Waals surface area contributed by atoms with Crippen molar-refractivity contribution < 1.29 is 9.59 Å². The molecule has 2 amide bonds. The molecule has 0 atom stereocenters. The van der Waals surface area contributed by atoms with Gasteiger partial charge in [-0.3, -0.25) is 24.5 Å². The Hall–Kier alpha value is -3.58. The van der Waals surface area contributed by atoms with Crippen LogP contribution in [0.1, 0.15) is 49.4 Å². The van der Waals surface area contributed by atoms with Gasteiger partial charge in [0, 0.05) is 76.9 Å². The van der Waals surface area contributed by atoms with E-state index in [0.717, 1.165) is 62.3 Å². The molecule has 0 aliphatic carbocycles. The van der Waals surface area contributed by atoms with Crippen LogP contribution in [0.4, 0.5) is 5.69 Å². The summed E-state index contributed by atoms with van der Waals surface area (Å²) in [6.07, 6.45) is 9.33. The maximum absolute atomic E-state index is 13.4. The molecule has 3 aromatic rings. The Balaban J connectivity index is 1.50. The summed E-state index contributed by atoms with van der Waals surface area (Å²) in [4.78, 5) is 40.9. The summed E-state index contributed by atoms with van der Waals surface area (Å²) in [5.41, 5.74) is 4.16. The Labute approximate surface area is 220 Å². The van der Waals surface area contributed by atoms with Crippen molar-refractivity contribution >= 4 is 17.5 Å². The summed E-state index contributed by atoms with van der Waals surface area (Å²) in [5, 5.41) is 0. The van der Waals surface area contributed by atoms with Gasteiger partial charge in [-0.05, 0) is 67.1 Å². The van der Waals surface area contributed by atoms with Gasteiger partial charge in [-0.25, -0.2) is 0 Å². The Kier molecular flexibility index (Phi) is 9.77. The minimum Gasteiger partial charge on any atom is -0.338 e. The zero-order valence-electron chi connectivity index (χ0n) is 21.8. The average Bonchev–Trinajstić information content (AvgIpc) is 2.91. The van der Waals surface area contributed by atoms with Gasteiger partial charge in [0.2, 0.25) is 11.8 Å². The third-order valence-electron chi connectivity index (χ3n) is 6.85. The maximum atomic E-state index is 13.4. The second-order valence-electron chi connectivity index (χ2n) is 9.63. The van der Waals surface area contributed by atoms with Gasteiger partial charge in [-0.1, -0.05) is 24.3 Å². The molecule has 1 aliphatic heterocycles. The summed E-state index contributed by atoms with van der Waals surface area (Å²) in [6, 6.07) is 18.0. The van der Waals surface area contributed by atoms with Crippen LogP contribution in [0.15, 0.2) is 73.2 Å². The van der Waals surface area contributed by atoms with E-state index in [1.54, 1.807) is 19.3 Å². The number of para-hydroxylation sites is 1. The summed E-state index contributed by atoms with van der Waals surface area (Å²) >= 11 is 0. The van der Waals surface area contributed by atoms with Crippen molar-refractivity contribution in [3.05, 3.63) is 90.0 Å². The first-order valence-corrected chi connectivity index (χ1v) is 13.2. The normalized spacial score (nSPS) is 15.4. The summed E-state index contributed by atoms with van der Waals surface area (Å²) in [7, 11) is 0. The van der Waals surface area contributed by atoms with Crippen LogP contribution in [-0.2, 0) is 29.1 Å².